The molecule has 6 heteroatoms. The molecule has 122 valence electrons. The van der Waals surface area contributed by atoms with E-state index in [9.17, 15) is 13.6 Å². The highest BCUT2D eigenvalue weighted by Gasteiger charge is 2.19. The molecule has 22 heavy (non-hydrogen) atoms. The summed E-state index contributed by atoms with van der Waals surface area (Å²) in [6.45, 7) is 0.225. The van der Waals surface area contributed by atoms with E-state index in [4.69, 9.17) is 0 Å². The van der Waals surface area contributed by atoms with Gasteiger partial charge in [0.05, 0.1) is 0 Å². The van der Waals surface area contributed by atoms with Gasteiger partial charge in [0.25, 0.3) is 0 Å². The van der Waals surface area contributed by atoms with E-state index in [1.807, 2.05) is 0 Å². The molecule has 2 unspecified atom stereocenters. The first kappa shape index (κ1) is 16.7. The lowest BCUT2D eigenvalue weighted by molar-refractivity contribution is -0.122. The largest absolute Gasteiger partial charge is 0.435 e. The molecule has 0 bridgehead atoms. The van der Waals surface area contributed by atoms with Crippen molar-refractivity contribution in [2.75, 3.05) is 6.54 Å². The molecule has 0 saturated carbocycles. The quantitative estimate of drug-likeness (QED) is 0.848. The van der Waals surface area contributed by atoms with E-state index in [1.165, 1.54) is 12.1 Å². The average Bonchev–Trinajstić information content (AvgIpc) is 2.46. The van der Waals surface area contributed by atoms with Crippen molar-refractivity contribution in [1.82, 2.24) is 10.6 Å². The number of carbonyl (C=O) groups excluding carboxylic acids is 1. The fourth-order valence-corrected chi connectivity index (χ4v) is 2.66. The van der Waals surface area contributed by atoms with Crippen LogP contribution in [0, 0.1) is 0 Å². The van der Waals surface area contributed by atoms with E-state index in [-0.39, 0.29) is 17.7 Å². The lowest BCUT2D eigenvalue weighted by atomic mass is 10.0. The third kappa shape index (κ3) is 5.60. The molecule has 1 heterocycles. The van der Waals surface area contributed by atoms with Crippen molar-refractivity contribution in [3.63, 3.8) is 0 Å². The maximum Gasteiger partial charge on any atom is 0.387 e. The van der Waals surface area contributed by atoms with Gasteiger partial charge in [-0.2, -0.15) is 8.78 Å². The van der Waals surface area contributed by atoms with E-state index in [1.54, 1.807) is 12.1 Å². The first-order valence-electron chi connectivity index (χ1n) is 7.59. The Labute approximate surface area is 129 Å². The number of rotatable bonds is 6. The highest BCUT2D eigenvalue weighted by molar-refractivity contribution is 5.76. The molecule has 0 aromatic heterocycles. The lowest BCUT2D eigenvalue weighted by Crippen LogP contribution is -2.46. The van der Waals surface area contributed by atoms with Gasteiger partial charge >= 0.3 is 6.61 Å². The van der Waals surface area contributed by atoms with Crippen LogP contribution in [0.2, 0.25) is 0 Å². The zero-order valence-electron chi connectivity index (χ0n) is 12.6. The van der Waals surface area contributed by atoms with Crippen molar-refractivity contribution < 1.29 is 18.3 Å². The Hall–Kier alpha value is -1.69. The number of halogens is 2. The molecule has 0 radical (unpaired) electrons. The molecule has 1 aliphatic heterocycles. The topological polar surface area (TPSA) is 50.4 Å². The van der Waals surface area contributed by atoms with E-state index in [0.717, 1.165) is 24.9 Å². The van der Waals surface area contributed by atoms with Crippen LogP contribution in [0.25, 0.3) is 0 Å². The normalized spacial score (nSPS) is 21.6. The number of carbonyl (C=O) groups is 1. The number of piperidine rings is 1. The maximum absolute atomic E-state index is 12.0. The number of nitrogens with one attached hydrogen (secondary N) is 2. The molecule has 1 saturated heterocycles. The summed E-state index contributed by atoms with van der Waals surface area (Å²) in [5.41, 5.74) is 0.926. The van der Waals surface area contributed by atoms with Gasteiger partial charge in [-0.3, -0.25) is 4.79 Å². The molecule has 4 nitrogen and oxygen atoms in total. The summed E-state index contributed by atoms with van der Waals surface area (Å²) in [4.78, 5) is 11.9. The molecular formula is C16H22F2N2O2. The van der Waals surface area contributed by atoms with Gasteiger partial charge in [0.15, 0.2) is 0 Å². The minimum absolute atomic E-state index is 0.0343. The zero-order valence-corrected chi connectivity index (χ0v) is 12.6. The first-order chi connectivity index (χ1) is 10.5. The van der Waals surface area contributed by atoms with Crippen LogP contribution in [0.3, 0.4) is 0 Å². The van der Waals surface area contributed by atoms with Crippen LogP contribution in [-0.4, -0.2) is 31.1 Å². The van der Waals surface area contributed by atoms with E-state index in [2.05, 4.69) is 22.3 Å². The molecule has 1 aromatic carbocycles. The van der Waals surface area contributed by atoms with Gasteiger partial charge in [0, 0.05) is 18.5 Å². The second kappa shape index (κ2) is 8.08. The number of ether oxygens (including phenoxy) is 1. The van der Waals surface area contributed by atoms with E-state index < -0.39 is 6.61 Å². The molecule has 1 aromatic rings. The minimum Gasteiger partial charge on any atom is -0.435 e. The molecule has 0 spiro atoms. The highest BCUT2D eigenvalue weighted by Crippen LogP contribution is 2.16. The van der Waals surface area contributed by atoms with Crippen molar-refractivity contribution in [3.05, 3.63) is 29.8 Å². The van der Waals surface area contributed by atoms with Crippen LogP contribution in [0.15, 0.2) is 24.3 Å². The number of amides is 1. The molecule has 1 amide bonds. The summed E-state index contributed by atoms with van der Waals surface area (Å²) in [5.74, 6) is 0.166. The summed E-state index contributed by atoms with van der Waals surface area (Å²) in [5, 5.41) is 6.40. The fourth-order valence-electron chi connectivity index (χ4n) is 2.66. The predicted molar refractivity (Wildman–Crippen MR) is 80.0 cm³/mol. The summed E-state index contributed by atoms with van der Waals surface area (Å²) in [6.07, 6.45) is 2.88. The summed E-state index contributed by atoms with van der Waals surface area (Å²) >= 11 is 0. The molecule has 1 fully saturated rings. The SMILES string of the molecule is CC1CC(NC(=O)CCc2ccc(OC(F)F)cc2)CCN1. The van der Waals surface area contributed by atoms with E-state index >= 15 is 0 Å². The number of hydrogen-bond acceptors (Lipinski definition) is 3. The maximum atomic E-state index is 12.0. The smallest absolute Gasteiger partial charge is 0.387 e. The fraction of sp³-hybridized carbons (Fsp3) is 0.562. The van der Waals surface area contributed by atoms with Gasteiger partial charge in [-0.15, -0.1) is 0 Å². The van der Waals surface area contributed by atoms with Crippen LogP contribution in [-0.2, 0) is 11.2 Å². The second-order valence-corrected chi connectivity index (χ2v) is 5.67. The van der Waals surface area contributed by atoms with Crippen LogP contribution >= 0.6 is 0 Å². The van der Waals surface area contributed by atoms with Crippen LogP contribution in [0.5, 0.6) is 5.75 Å². The minimum atomic E-state index is -2.82. The van der Waals surface area contributed by atoms with E-state index in [0.29, 0.717) is 18.9 Å². The molecule has 2 atom stereocenters. The van der Waals surface area contributed by atoms with Crippen molar-refractivity contribution in [1.29, 1.82) is 0 Å². The molecule has 2 rings (SSSR count). The average molecular weight is 312 g/mol. The Kier molecular flexibility index (Phi) is 6.12. The van der Waals surface area contributed by atoms with Crippen LogP contribution in [0.4, 0.5) is 8.78 Å². The van der Waals surface area contributed by atoms with Gasteiger partial charge in [0.1, 0.15) is 5.75 Å². The zero-order chi connectivity index (χ0) is 15.9. The number of alkyl halides is 2. The Balaban J connectivity index is 1.73. The van der Waals surface area contributed by atoms with Crippen LogP contribution in [0.1, 0.15) is 31.7 Å². The monoisotopic (exact) mass is 312 g/mol. The second-order valence-electron chi connectivity index (χ2n) is 5.67. The lowest BCUT2D eigenvalue weighted by Gasteiger charge is -2.28. The highest BCUT2D eigenvalue weighted by atomic mass is 19.3. The van der Waals surface area contributed by atoms with Gasteiger partial charge in [-0.05, 0) is 50.4 Å². The predicted octanol–water partition coefficient (Wildman–Crippen LogP) is 2.48. The first-order valence-corrected chi connectivity index (χ1v) is 7.59. The molecule has 2 N–H and O–H groups in total. The summed E-state index contributed by atoms with van der Waals surface area (Å²) in [6, 6.07) is 7.07. The third-order valence-corrected chi connectivity index (χ3v) is 3.78. The van der Waals surface area contributed by atoms with Crippen LogP contribution < -0.4 is 15.4 Å². The third-order valence-electron chi connectivity index (χ3n) is 3.78. The Morgan fingerprint density at radius 3 is 2.77 bits per heavy atom. The number of hydrogen-bond donors (Lipinski definition) is 2. The number of benzene rings is 1. The number of aryl methyl sites for hydroxylation is 1. The van der Waals surface area contributed by atoms with Gasteiger partial charge in [0.2, 0.25) is 5.91 Å². The van der Waals surface area contributed by atoms with Gasteiger partial charge in [-0.1, -0.05) is 12.1 Å². The van der Waals surface area contributed by atoms with Gasteiger partial charge < -0.3 is 15.4 Å². The van der Waals surface area contributed by atoms with Crippen molar-refractivity contribution in [2.24, 2.45) is 0 Å². The standard InChI is InChI=1S/C16H22F2N2O2/c1-11-10-13(8-9-19-11)20-15(21)7-4-12-2-5-14(6-3-12)22-16(17)18/h2-3,5-6,11,13,16,19H,4,7-10H2,1H3,(H,20,21). The van der Waals surface area contributed by atoms with Crippen molar-refractivity contribution >= 4 is 5.91 Å². The summed E-state index contributed by atoms with van der Waals surface area (Å²) < 4.78 is 28.4. The summed E-state index contributed by atoms with van der Waals surface area (Å²) in [7, 11) is 0. The van der Waals surface area contributed by atoms with Crippen molar-refractivity contribution in [3.8, 4) is 5.75 Å². The Morgan fingerprint density at radius 1 is 1.41 bits per heavy atom. The Bertz CT molecular complexity index is 480. The Morgan fingerprint density at radius 2 is 2.14 bits per heavy atom. The molecule has 1 aliphatic rings. The van der Waals surface area contributed by atoms with Crippen molar-refractivity contribution in [2.45, 2.75) is 51.3 Å². The molecule has 0 aliphatic carbocycles. The molecular weight excluding hydrogens is 290 g/mol. The van der Waals surface area contributed by atoms with Gasteiger partial charge in [-0.25, -0.2) is 0 Å².